The quantitative estimate of drug-likeness (QED) is 0.789. The lowest BCUT2D eigenvalue weighted by molar-refractivity contribution is -0.149. The second-order valence-electron chi connectivity index (χ2n) is 2.96. The van der Waals surface area contributed by atoms with E-state index < -0.39 is 12.1 Å². The van der Waals surface area contributed by atoms with E-state index in [9.17, 15) is 4.79 Å². The maximum Gasteiger partial charge on any atom is 0.332 e. The van der Waals surface area contributed by atoms with Gasteiger partial charge in [0, 0.05) is 11.8 Å². The minimum atomic E-state index is -0.988. The summed E-state index contributed by atoms with van der Waals surface area (Å²) < 4.78 is 10.1. The molecule has 1 aromatic rings. The first kappa shape index (κ1) is 11.5. The summed E-state index contributed by atoms with van der Waals surface area (Å²) in [7, 11) is 1.51. The Bertz CT molecular complexity index is 340. The number of rotatable bonds is 5. The summed E-state index contributed by atoms with van der Waals surface area (Å²) in [5.74, 6) is -0.534. The maximum atomic E-state index is 10.5. The zero-order valence-corrected chi connectivity index (χ0v) is 8.64. The van der Waals surface area contributed by atoms with Crippen molar-refractivity contribution < 1.29 is 19.4 Å². The third-order valence-electron chi connectivity index (χ3n) is 1.88. The van der Waals surface area contributed by atoms with Crippen molar-refractivity contribution in [1.82, 2.24) is 4.98 Å². The van der Waals surface area contributed by atoms with E-state index in [1.165, 1.54) is 14.0 Å². The van der Waals surface area contributed by atoms with Crippen LogP contribution >= 0.6 is 0 Å². The lowest BCUT2D eigenvalue weighted by Gasteiger charge is -2.10. The number of hydrogen-bond donors (Lipinski definition) is 1. The highest BCUT2D eigenvalue weighted by molar-refractivity contribution is 5.71. The van der Waals surface area contributed by atoms with Gasteiger partial charge in [0.1, 0.15) is 0 Å². The van der Waals surface area contributed by atoms with Crippen LogP contribution in [0.25, 0.3) is 0 Å². The van der Waals surface area contributed by atoms with Crippen LogP contribution in [-0.4, -0.2) is 29.3 Å². The van der Waals surface area contributed by atoms with Crippen molar-refractivity contribution in [1.29, 1.82) is 0 Å². The Kier molecular flexibility index (Phi) is 4.05. The summed E-state index contributed by atoms with van der Waals surface area (Å²) >= 11 is 0. The van der Waals surface area contributed by atoms with Crippen LogP contribution in [0.3, 0.4) is 0 Å². The summed E-state index contributed by atoms with van der Waals surface area (Å²) in [6.07, 6.45) is 0.762. The Hall–Kier alpha value is -1.62. The van der Waals surface area contributed by atoms with Gasteiger partial charge < -0.3 is 14.6 Å². The van der Waals surface area contributed by atoms with E-state index in [-0.39, 0.29) is 6.61 Å². The number of ether oxygens (including phenoxy) is 2. The summed E-state index contributed by atoms with van der Waals surface area (Å²) in [6, 6.07) is 3.52. The highest BCUT2D eigenvalue weighted by Crippen LogP contribution is 2.15. The summed E-state index contributed by atoms with van der Waals surface area (Å²) in [5, 5.41) is 8.61. The van der Waals surface area contributed by atoms with Crippen molar-refractivity contribution in [3.8, 4) is 5.88 Å². The average Bonchev–Trinajstić information content (AvgIpc) is 2.26. The second-order valence-corrected chi connectivity index (χ2v) is 2.96. The third-order valence-corrected chi connectivity index (χ3v) is 1.88. The lowest BCUT2D eigenvalue weighted by Crippen LogP contribution is -2.19. The van der Waals surface area contributed by atoms with Gasteiger partial charge in [0.25, 0.3) is 0 Å². The Morgan fingerprint density at radius 2 is 2.40 bits per heavy atom. The van der Waals surface area contributed by atoms with Crippen LogP contribution in [0.15, 0.2) is 18.3 Å². The predicted octanol–water partition coefficient (Wildman–Crippen LogP) is 1.08. The molecule has 0 spiro atoms. The predicted molar refractivity (Wildman–Crippen MR) is 52.7 cm³/mol. The molecule has 1 heterocycles. The monoisotopic (exact) mass is 211 g/mol. The number of carbonyl (C=O) groups is 1. The molecular formula is C10H13NO4. The molecule has 0 bridgehead atoms. The fourth-order valence-electron chi connectivity index (χ4n) is 1.00. The Labute approximate surface area is 87.7 Å². The van der Waals surface area contributed by atoms with Crippen molar-refractivity contribution in [2.75, 3.05) is 7.11 Å². The normalized spacial score (nSPS) is 12.1. The number of methoxy groups -OCH3 is 1. The topological polar surface area (TPSA) is 68.7 Å². The first-order valence-corrected chi connectivity index (χ1v) is 4.47. The molecule has 1 aromatic heterocycles. The smallest absolute Gasteiger partial charge is 0.332 e. The van der Waals surface area contributed by atoms with Crippen molar-refractivity contribution in [3.63, 3.8) is 0 Å². The Balaban J connectivity index is 2.60. The summed E-state index contributed by atoms with van der Waals surface area (Å²) in [5.41, 5.74) is 0.730. The van der Waals surface area contributed by atoms with E-state index in [2.05, 4.69) is 4.98 Å². The minimum absolute atomic E-state index is 0.171. The van der Waals surface area contributed by atoms with E-state index in [1.54, 1.807) is 18.3 Å². The molecule has 1 N–H and O–H groups in total. The van der Waals surface area contributed by atoms with Gasteiger partial charge in [-0.3, -0.25) is 0 Å². The Morgan fingerprint density at radius 1 is 1.67 bits per heavy atom. The van der Waals surface area contributed by atoms with Crippen LogP contribution in [0.4, 0.5) is 0 Å². The van der Waals surface area contributed by atoms with Gasteiger partial charge in [-0.1, -0.05) is 0 Å². The van der Waals surface area contributed by atoms with Gasteiger partial charge in [0.15, 0.2) is 6.10 Å². The van der Waals surface area contributed by atoms with Crippen molar-refractivity contribution in [2.45, 2.75) is 19.6 Å². The van der Waals surface area contributed by atoms with Crippen LogP contribution in [0.1, 0.15) is 12.5 Å². The molecule has 1 rings (SSSR count). The molecule has 1 atom stereocenters. The van der Waals surface area contributed by atoms with Crippen LogP contribution in [0, 0.1) is 0 Å². The van der Waals surface area contributed by atoms with Gasteiger partial charge in [-0.2, -0.15) is 0 Å². The second kappa shape index (κ2) is 5.31. The van der Waals surface area contributed by atoms with E-state index in [1.807, 2.05) is 0 Å². The number of aliphatic carboxylic acids is 1. The third kappa shape index (κ3) is 3.21. The number of carboxylic acids is 1. The molecule has 82 valence electrons. The minimum Gasteiger partial charge on any atom is -0.481 e. The van der Waals surface area contributed by atoms with Crippen LogP contribution < -0.4 is 4.74 Å². The number of hydrogen-bond acceptors (Lipinski definition) is 4. The zero-order valence-electron chi connectivity index (χ0n) is 8.64. The molecule has 0 saturated carbocycles. The van der Waals surface area contributed by atoms with E-state index in [0.717, 1.165) is 5.56 Å². The molecule has 0 fully saturated rings. The molecule has 0 aliphatic carbocycles. The molecule has 0 amide bonds. The van der Waals surface area contributed by atoms with Gasteiger partial charge in [0.2, 0.25) is 5.88 Å². The Morgan fingerprint density at radius 3 is 3.00 bits per heavy atom. The largest absolute Gasteiger partial charge is 0.481 e. The molecular weight excluding hydrogens is 198 g/mol. The van der Waals surface area contributed by atoms with E-state index >= 15 is 0 Å². The molecule has 15 heavy (non-hydrogen) atoms. The van der Waals surface area contributed by atoms with Gasteiger partial charge in [-0.25, -0.2) is 9.78 Å². The summed E-state index contributed by atoms with van der Waals surface area (Å²) in [4.78, 5) is 14.5. The maximum absolute atomic E-state index is 10.5. The van der Waals surface area contributed by atoms with Gasteiger partial charge in [-0.15, -0.1) is 0 Å². The standard InChI is InChI=1S/C10H13NO4/c1-7(10(12)13)15-6-8-4-3-5-11-9(8)14-2/h3-5,7H,6H2,1-2H3,(H,12,13)/t7-/m1/s1. The number of carboxylic acid groups (broad SMARTS) is 1. The molecule has 0 unspecified atom stereocenters. The molecule has 5 heteroatoms. The van der Waals surface area contributed by atoms with E-state index in [4.69, 9.17) is 14.6 Å². The lowest BCUT2D eigenvalue weighted by atomic mass is 10.3. The zero-order chi connectivity index (χ0) is 11.3. The molecule has 5 nitrogen and oxygen atoms in total. The molecule has 0 aromatic carbocycles. The highest BCUT2D eigenvalue weighted by Gasteiger charge is 2.12. The summed E-state index contributed by atoms with van der Waals surface area (Å²) in [6.45, 7) is 1.65. The van der Waals surface area contributed by atoms with Crippen LogP contribution in [0.2, 0.25) is 0 Å². The molecule has 0 aliphatic rings. The van der Waals surface area contributed by atoms with Crippen molar-refractivity contribution in [3.05, 3.63) is 23.9 Å². The first-order chi connectivity index (χ1) is 7.15. The SMILES string of the molecule is COc1ncccc1CO[C@H](C)C(=O)O. The van der Waals surface area contributed by atoms with Crippen molar-refractivity contribution >= 4 is 5.97 Å². The van der Waals surface area contributed by atoms with Gasteiger partial charge in [0.05, 0.1) is 13.7 Å². The van der Waals surface area contributed by atoms with Crippen LogP contribution in [-0.2, 0) is 16.1 Å². The molecule has 0 radical (unpaired) electrons. The molecule has 0 aliphatic heterocycles. The number of aromatic nitrogens is 1. The fourth-order valence-corrected chi connectivity index (χ4v) is 1.00. The van der Waals surface area contributed by atoms with Crippen LogP contribution in [0.5, 0.6) is 5.88 Å². The van der Waals surface area contributed by atoms with Gasteiger partial charge >= 0.3 is 5.97 Å². The number of nitrogens with zero attached hydrogens (tertiary/aromatic N) is 1. The van der Waals surface area contributed by atoms with E-state index in [0.29, 0.717) is 5.88 Å². The fraction of sp³-hybridized carbons (Fsp3) is 0.400. The van der Waals surface area contributed by atoms with Crippen molar-refractivity contribution in [2.24, 2.45) is 0 Å². The van der Waals surface area contributed by atoms with Gasteiger partial charge in [-0.05, 0) is 19.1 Å². The molecule has 0 saturated heterocycles. The average molecular weight is 211 g/mol. The first-order valence-electron chi connectivity index (χ1n) is 4.47. The number of pyridine rings is 1. The highest BCUT2D eigenvalue weighted by atomic mass is 16.5.